The second-order valence-electron chi connectivity index (χ2n) is 6.61. The third kappa shape index (κ3) is 5.45. The van der Waals surface area contributed by atoms with Crippen LogP contribution in [0.25, 0.3) is 0 Å². The Morgan fingerprint density at radius 1 is 1.10 bits per heavy atom. The van der Waals surface area contributed by atoms with Crippen molar-refractivity contribution >= 4 is 34.9 Å². The summed E-state index contributed by atoms with van der Waals surface area (Å²) in [5.41, 5.74) is 0.888. The molecule has 1 N–H and O–H groups in total. The molecule has 0 fully saturated rings. The summed E-state index contributed by atoms with van der Waals surface area (Å²) in [6.07, 6.45) is 1.72. The van der Waals surface area contributed by atoms with Crippen LogP contribution in [0.15, 0.2) is 71.3 Å². The van der Waals surface area contributed by atoms with Gasteiger partial charge in [-0.25, -0.2) is 4.39 Å². The number of carbonyl (C=O) groups excluding carboxylic acids is 1. The van der Waals surface area contributed by atoms with E-state index in [2.05, 4.69) is 10.4 Å². The molecule has 0 aliphatic heterocycles. The van der Waals surface area contributed by atoms with Crippen LogP contribution in [0.1, 0.15) is 21.9 Å². The fraction of sp³-hybridized carbons (Fsp3) is 0.0909. The summed E-state index contributed by atoms with van der Waals surface area (Å²) < 4.78 is 25.8. The van der Waals surface area contributed by atoms with Crippen molar-refractivity contribution in [1.29, 1.82) is 0 Å². The van der Waals surface area contributed by atoms with Crippen LogP contribution in [0.3, 0.4) is 0 Å². The summed E-state index contributed by atoms with van der Waals surface area (Å²) in [4.78, 5) is 12.4. The lowest BCUT2D eigenvalue weighted by molar-refractivity contribution is 0.0992. The summed E-state index contributed by atoms with van der Waals surface area (Å²) in [6, 6.07) is 15.9. The highest BCUT2D eigenvalue weighted by atomic mass is 35.5. The third-order valence-corrected chi connectivity index (χ3v) is 4.82. The maximum atomic E-state index is 13.0. The molecule has 4 rings (SSSR count). The largest absolute Gasteiger partial charge is 0.484 e. The summed E-state index contributed by atoms with van der Waals surface area (Å²) >= 11 is 11.9. The molecule has 0 atom stereocenters. The first-order chi connectivity index (χ1) is 15.0. The van der Waals surface area contributed by atoms with Crippen molar-refractivity contribution in [2.45, 2.75) is 13.2 Å². The maximum absolute atomic E-state index is 13.0. The SMILES string of the molecule is O=C(Nc1ccn(Cc2ccc(F)cc2)n1)c1ccc(COc2ccc(Cl)cc2Cl)o1. The van der Waals surface area contributed by atoms with Crippen LogP contribution in [-0.2, 0) is 13.2 Å². The number of aromatic nitrogens is 2. The Bertz CT molecular complexity index is 1200. The minimum atomic E-state index is -0.442. The van der Waals surface area contributed by atoms with Gasteiger partial charge < -0.3 is 14.5 Å². The zero-order valence-corrected chi connectivity index (χ0v) is 17.5. The van der Waals surface area contributed by atoms with Crippen LogP contribution >= 0.6 is 23.2 Å². The molecule has 2 heterocycles. The van der Waals surface area contributed by atoms with Gasteiger partial charge in [-0.1, -0.05) is 35.3 Å². The van der Waals surface area contributed by atoms with E-state index in [9.17, 15) is 9.18 Å². The quantitative estimate of drug-likeness (QED) is 0.379. The topological polar surface area (TPSA) is 69.3 Å². The Hall–Kier alpha value is -3.29. The molecule has 0 unspecified atom stereocenters. The predicted octanol–water partition coefficient (Wildman–Crippen LogP) is 5.80. The molecule has 158 valence electrons. The number of benzene rings is 2. The highest BCUT2D eigenvalue weighted by Crippen LogP contribution is 2.28. The van der Waals surface area contributed by atoms with Gasteiger partial charge >= 0.3 is 0 Å². The van der Waals surface area contributed by atoms with E-state index < -0.39 is 5.91 Å². The summed E-state index contributed by atoms with van der Waals surface area (Å²) in [6.45, 7) is 0.548. The number of furan rings is 1. The first-order valence-corrected chi connectivity index (χ1v) is 9.98. The molecule has 0 saturated carbocycles. The number of halogens is 3. The molecule has 0 aliphatic carbocycles. The number of amides is 1. The van der Waals surface area contributed by atoms with Gasteiger partial charge in [-0.05, 0) is 48.0 Å². The van der Waals surface area contributed by atoms with Crippen LogP contribution in [-0.4, -0.2) is 15.7 Å². The second-order valence-corrected chi connectivity index (χ2v) is 7.45. The van der Waals surface area contributed by atoms with Gasteiger partial charge in [-0.2, -0.15) is 5.10 Å². The zero-order chi connectivity index (χ0) is 21.8. The molecule has 0 radical (unpaired) electrons. The van der Waals surface area contributed by atoms with Crippen molar-refractivity contribution in [2.24, 2.45) is 0 Å². The molecule has 1 amide bonds. The van der Waals surface area contributed by atoms with E-state index in [4.69, 9.17) is 32.4 Å². The van der Waals surface area contributed by atoms with Gasteiger partial charge in [0.25, 0.3) is 5.91 Å². The molecule has 0 bridgehead atoms. The summed E-state index contributed by atoms with van der Waals surface area (Å²) in [7, 11) is 0. The van der Waals surface area contributed by atoms with Crippen molar-refractivity contribution < 1.29 is 18.3 Å². The van der Waals surface area contributed by atoms with Crippen molar-refractivity contribution in [2.75, 3.05) is 5.32 Å². The van der Waals surface area contributed by atoms with E-state index in [1.54, 1.807) is 59.4 Å². The number of ether oxygens (including phenoxy) is 1. The molecule has 0 aliphatic rings. The Morgan fingerprint density at radius 2 is 1.90 bits per heavy atom. The van der Waals surface area contributed by atoms with Crippen LogP contribution in [0, 0.1) is 5.82 Å². The van der Waals surface area contributed by atoms with E-state index in [0.717, 1.165) is 5.56 Å². The van der Waals surface area contributed by atoms with Gasteiger partial charge in [0.15, 0.2) is 11.6 Å². The minimum Gasteiger partial charge on any atom is -0.484 e. The number of hydrogen-bond donors (Lipinski definition) is 1. The molecular formula is C22H16Cl2FN3O3. The highest BCUT2D eigenvalue weighted by molar-refractivity contribution is 6.35. The van der Waals surface area contributed by atoms with Crippen LogP contribution in [0.2, 0.25) is 10.0 Å². The first kappa shape index (κ1) is 21.0. The fourth-order valence-corrected chi connectivity index (χ4v) is 3.25. The van der Waals surface area contributed by atoms with E-state index in [1.807, 2.05) is 0 Å². The Morgan fingerprint density at radius 3 is 2.68 bits per heavy atom. The standard InChI is InChI=1S/C22H16Cl2FN3O3/c23-15-3-7-19(18(24)11-15)30-13-17-6-8-20(31-17)22(29)26-21-9-10-28(27-21)12-14-1-4-16(25)5-2-14/h1-11H,12-13H2,(H,26,27,29). The Labute approximate surface area is 187 Å². The van der Waals surface area contributed by atoms with Gasteiger partial charge in [-0.15, -0.1) is 0 Å². The average Bonchev–Trinajstić information content (AvgIpc) is 3.39. The van der Waals surface area contributed by atoms with Gasteiger partial charge in [-0.3, -0.25) is 9.48 Å². The number of nitrogens with one attached hydrogen (secondary N) is 1. The van der Waals surface area contributed by atoms with E-state index in [1.165, 1.54) is 12.1 Å². The minimum absolute atomic E-state index is 0.0981. The Balaban J connectivity index is 1.33. The van der Waals surface area contributed by atoms with E-state index >= 15 is 0 Å². The molecule has 0 spiro atoms. The number of nitrogens with zero attached hydrogens (tertiary/aromatic N) is 2. The predicted molar refractivity (Wildman–Crippen MR) is 115 cm³/mol. The summed E-state index contributed by atoms with van der Waals surface area (Å²) in [5, 5.41) is 7.86. The zero-order valence-electron chi connectivity index (χ0n) is 16.0. The molecule has 31 heavy (non-hydrogen) atoms. The third-order valence-electron chi connectivity index (χ3n) is 4.29. The second kappa shape index (κ2) is 9.24. The van der Waals surface area contributed by atoms with E-state index in [0.29, 0.717) is 33.9 Å². The van der Waals surface area contributed by atoms with Gasteiger partial charge in [0.1, 0.15) is 23.9 Å². The maximum Gasteiger partial charge on any atom is 0.292 e. The van der Waals surface area contributed by atoms with Crippen LogP contribution in [0.5, 0.6) is 5.75 Å². The van der Waals surface area contributed by atoms with Gasteiger partial charge in [0, 0.05) is 17.3 Å². The molecule has 2 aromatic heterocycles. The van der Waals surface area contributed by atoms with Crippen molar-refractivity contribution in [3.8, 4) is 5.75 Å². The average molecular weight is 460 g/mol. The van der Waals surface area contributed by atoms with E-state index in [-0.39, 0.29) is 18.2 Å². The summed E-state index contributed by atoms with van der Waals surface area (Å²) in [5.74, 6) is 0.667. The number of rotatable bonds is 7. The molecule has 6 nitrogen and oxygen atoms in total. The lowest BCUT2D eigenvalue weighted by Gasteiger charge is -2.06. The highest BCUT2D eigenvalue weighted by Gasteiger charge is 2.14. The van der Waals surface area contributed by atoms with Crippen molar-refractivity contribution in [1.82, 2.24) is 9.78 Å². The number of anilines is 1. The molecule has 2 aromatic carbocycles. The lowest BCUT2D eigenvalue weighted by atomic mass is 10.2. The number of carbonyl (C=O) groups is 1. The fourth-order valence-electron chi connectivity index (χ4n) is 2.79. The van der Waals surface area contributed by atoms with Crippen molar-refractivity contribution in [3.05, 3.63) is 99.8 Å². The molecule has 9 heteroatoms. The molecular weight excluding hydrogens is 444 g/mol. The van der Waals surface area contributed by atoms with Gasteiger partial charge in [0.05, 0.1) is 11.6 Å². The lowest BCUT2D eigenvalue weighted by Crippen LogP contribution is -2.12. The normalized spacial score (nSPS) is 10.8. The monoisotopic (exact) mass is 459 g/mol. The van der Waals surface area contributed by atoms with Crippen molar-refractivity contribution in [3.63, 3.8) is 0 Å². The molecule has 0 saturated heterocycles. The van der Waals surface area contributed by atoms with Gasteiger partial charge in [0.2, 0.25) is 0 Å². The molecule has 4 aromatic rings. The number of hydrogen-bond acceptors (Lipinski definition) is 4. The van der Waals surface area contributed by atoms with Crippen LogP contribution in [0.4, 0.5) is 10.2 Å². The smallest absolute Gasteiger partial charge is 0.292 e. The van der Waals surface area contributed by atoms with Crippen LogP contribution < -0.4 is 10.1 Å². The Kier molecular flexibility index (Phi) is 6.25. The first-order valence-electron chi connectivity index (χ1n) is 9.22.